The van der Waals surface area contributed by atoms with Gasteiger partial charge in [0.05, 0.1) is 5.60 Å². The van der Waals surface area contributed by atoms with E-state index in [1.165, 1.54) is 0 Å². The van der Waals surface area contributed by atoms with Crippen LogP contribution in [0.25, 0.3) is 0 Å². The van der Waals surface area contributed by atoms with Crippen molar-refractivity contribution in [1.29, 1.82) is 0 Å². The Kier molecular flexibility index (Phi) is 4.83. The Bertz CT molecular complexity index is 228. The van der Waals surface area contributed by atoms with Gasteiger partial charge in [0, 0.05) is 19.8 Å². The van der Waals surface area contributed by atoms with Crippen LogP contribution in [0.15, 0.2) is 0 Å². The molecule has 1 N–H and O–H groups in total. The highest BCUT2D eigenvalue weighted by Gasteiger charge is 2.32. The van der Waals surface area contributed by atoms with Crippen LogP contribution in [0, 0.1) is 5.92 Å². The Morgan fingerprint density at radius 1 is 1.24 bits per heavy atom. The average molecular weight is 241 g/mol. The normalized spacial score (nSPS) is 33.5. The van der Waals surface area contributed by atoms with Crippen molar-refractivity contribution in [1.82, 2.24) is 4.90 Å². The SMILES string of the molecule is CCN1CCCC(O)(CC2CCOCC2)CC1. The van der Waals surface area contributed by atoms with Gasteiger partial charge in [-0.15, -0.1) is 0 Å². The van der Waals surface area contributed by atoms with Gasteiger partial charge in [0.1, 0.15) is 0 Å². The number of aliphatic hydroxyl groups is 1. The fourth-order valence-corrected chi connectivity index (χ4v) is 3.24. The summed E-state index contributed by atoms with van der Waals surface area (Å²) in [5.41, 5.74) is -0.397. The number of ether oxygens (including phenoxy) is 1. The highest BCUT2D eigenvalue weighted by molar-refractivity contribution is 4.86. The number of nitrogens with zero attached hydrogens (tertiary/aromatic N) is 1. The maximum Gasteiger partial charge on any atom is 0.0663 e. The zero-order valence-corrected chi connectivity index (χ0v) is 11.2. The van der Waals surface area contributed by atoms with E-state index >= 15 is 0 Å². The first-order valence-electron chi connectivity index (χ1n) is 7.24. The Morgan fingerprint density at radius 2 is 2.00 bits per heavy atom. The van der Waals surface area contributed by atoms with Gasteiger partial charge < -0.3 is 14.7 Å². The summed E-state index contributed by atoms with van der Waals surface area (Å²) in [6, 6.07) is 0. The third-order valence-corrected chi connectivity index (χ3v) is 4.47. The molecule has 2 fully saturated rings. The monoisotopic (exact) mass is 241 g/mol. The quantitative estimate of drug-likeness (QED) is 0.821. The van der Waals surface area contributed by atoms with Crippen LogP contribution >= 0.6 is 0 Å². The van der Waals surface area contributed by atoms with Crippen LogP contribution in [0.1, 0.15) is 45.4 Å². The minimum Gasteiger partial charge on any atom is -0.390 e. The smallest absolute Gasteiger partial charge is 0.0663 e. The lowest BCUT2D eigenvalue weighted by Crippen LogP contribution is -2.34. The topological polar surface area (TPSA) is 32.7 Å². The minimum absolute atomic E-state index is 0.397. The molecule has 0 bridgehead atoms. The van der Waals surface area contributed by atoms with Crippen molar-refractivity contribution < 1.29 is 9.84 Å². The molecule has 0 amide bonds. The molecular formula is C14H27NO2. The van der Waals surface area contributed by atoms with Crippen molar-refractivity contribution >= 4 is 0 Å². The number of rotatable bonds is 3. The molecule has 100 valence electrons. The van der Waals surface area contributed by atoms with Gasteiger partial charge in [0.15, 0.2) is 0 Å². The van der Waals surface area contributed by atoms with Gasteiger partial charge in [-0.2, -0.15) is 0 Å². The molecule has 0 radical (unpaired) electrons. The lowest BCUT2D eigenvalue weighted by Gasteiger charge is -2.33. The van der Waals surface area contributed by atoms with E-state index in [9.17, 15) is 5.11 Å². The molecule has 0 aromatic heterocycles. The Balaban J connectivity index is 1.84. The van der Waals surface area contributed by atoms with E-state index in [0.717, 1.165) is 71.4 Å². The van der Waals surface area contributed by atoms with Crippen molar-refractivity contribution in [3.8, 4) is 0 Å². The van der Waals surface area contributed by atoms with E-state index in [-0.39, 0.29) is 0 Å². The van der Waals surface area contributed by atoms with Crippen molar-refractivity contribution in [3.63, 3.8) is 0 Å². The largest absolute Gasteiger partial charge is 0.390 e. The molecule has 0 aliphatic carbocycles. The zero-order valence-electron chi connectivity index (χ0n) is 11.2. The average Bonchev–Trinajstić information content (AvgIpc) is 2.52. The van der Waals surface area contributed by atoms with Crippen LogP contribution in [0.2, 0.25) is 0 Å². The maximum absolute atomic E-state index is 10.7. The van der Waals surface area contributed by atoms with E-state index in [1.54, 1.807) is 0 Å². The number of hydrogen-bond donors (Lipinski definition) is 1. The van der Waals surface area contributed by atoms with Gasteiger partial charge in [0.2, 0.25) is 0 Å². The molecule has 3 heteroatoms. The van der Waals surface area contributed by atoms with Crippen LogP contribution in [-0.2, 0) is 4.74 Å². The van der Waals surface area contributed by atoms with E-state index < -0.39 is 5.60 Å². The molecular weight excluding hydrogens is 214 g/mol. The maximum atomic E-state index is 10.7. The van der Waals surface area contributed by atoms with Gasteiger partial charge in [-0.3, -0.25) is 0 Å². The fourth-order valence-electron chi connectivity index (χ4n) is 3.24. The first-order valence-corrected chi connectivity index (χ1v) is 7.24. The summed E-state index contributed by atoms with van der Waals surface area (Å²) in [4.78, 5) is 2.46. The lowest BCUT2D eigenvalue weighted by molar-refractivity contribution is -0.0211. The Hall–Kier alpha value is -0.120. The fraction of sp³-hybridized carbons (Fsp3) is 1.00. The number of hydrogen-bond acceptors (Lipinski definition) is 3. The van der Waals surface area contributed by atoms with Gasteiger partial charge in [-0.05, 0) is 57.5 Å². The molecule has 2 heterocycles. The minimum atomic E-state index is -0.397. The Morgan fingerprint density at radius 3 is 2.71 bits per heavy atom. The summed E-state index contributed by atoms with van der Waals surface area (Å²) in [5.74, 6) is 0.682. The third kappa shape index (κ3) is 3.94. The summed E-state index contributed by atoms with van der Waals surface area (Å²) < 4.78 is 5.39. The van der Waals surface area contributed by atoms with E-state index in [2.05, 4.69) is 11.8 Å². The molecule has 1 unspecified atom stereocenters. The van der Waals surface area contributed by atoms with Gasteiger partial charge in [-0.1, -0.05) is 6.92 Å². The predicted octanol–water partition coefficient (Wildman–Crippen LogP) is 2.04. The Labute approximate surface area is 105 Å². The molecule has 0 aromatic carbocycles. The second-order valence-corrected chi connectivity index (χ2v) is 5.77. The number of likely N-dealkylation sites (tertiary alicyclic amines) is 1. The molecule has 2 aliphatic heterocycles. The van der Waals surface area contributed by atoms with Gasteiger partial charge in [-0.25, -0.2) is 0 Å². The molecule has 17 heavy (non-hydrogen) atoms. The third-order valence-electron chi connectivity index (χ3n) is 4.47. The molecule has 2 aliphatic rings. The van der Waals surface area contributed by atoms with Crippen molar-refractivity contribution in [3.05, 3.63) is 0 Å². The van der Waals surface area contributed by atoms with Gasteiger partial charge >= 0.3 is 0 Å². The van der Waals surface area contributed by atoms with Crippen molar-refractivity contribution in [2.75, 3.05) is 32.8 Å². The molecule has 2 rings (SSSR count). The first-order chi connectivity index (χ1) is 8.22. The molecule has 0 saturated carbocycles. The van der Waals surface area contributed by atoms with Crippen LogP contribution in [-0.4, -0.2) is 48.5 Å². The van der Waals surface area contributed by atoms with E-state index in [0.29, 0.717) is 5.92 Å². The van der Waals surface area contributed by atoms with Crippen molar-refractivity contribution in [2.45, 2.75) is 51.0 Å². The van der Waals surface area contributed by atoms with Crippen molar-refractivity contribution in [2.24, 2.45) is 5.92 Å². The molecule has 1 atom stereocenters. The van der Waals surface area contributed by atoms with Gasteiger partial charge in [0.25, 0.3) is 0 Å². The standard InChI is InChI=1S/C14H27NO2/c1-2-15-8-3-6-14(16,7-9-15)12-13-4-10-17-11-5-13/h13,16H,2-12H2,1H3. The first kappa shape index (κ1) is 13.3. The van der Waals surface area contributed by atoms with Crippen LogP contribution in [0.4, 0.5) is 0 Å². The highest BCUT2D eigenvalue weighted by atomic mass is 16.5. The summed E-state index contributed by atoms with van der Waals surface area (Å²) in [6.45, 7) is 7.34. The second kappa shape index (κ2) is 6.17. The zero-order chi connectivity index (χ0) is 12.1. The van der Waals surface area contributed by atoms with Crippen LogP contribution in [0.3, 0.4) is 0 Å². The molecule has 0 aromatic rings. The summed E-state index contributed by atoms with van der Waals surface area (Å²) in [6.07, 6.45) is 6.36. The second-order valence-electron chi connectivity index (χ2n) is 5.77. The molecule has 0 spiro atoms. The predicted molar refractivity (Wildman–Crippen MR) is 69.1 cm³/mol. The highest BCUT2D eigenvalue weighted by Crippen LogP contribution is 2.32. The molecule has 2 saturated heterocycles. The summed E-state index contributed by atoms with van der Waals surface area (Å²) in [5, 5.41) is 10.7. The molecule has 3 nitrogen and oxygen atoms in total. The summed E-state index contributed by atoms with van der Waals surface area (Å²) >= 11 is 0. The lowest BCUT2D eigenvalue weighted by atomic mass is 9.82. The van der Waals surface area contributed by atoms with E-state index in [1.807, 2.05) is 0 Å². The van der Waals surface area contributed by atoms with E-state index in [4.69, 9.17) is 4.74 Å². The summed E-state index contributed by atoms with van der Waals surface area (Å²) in [7, 11) is 0. The van der Waals surface area contributed by atoms with Crippen LogP contribution in [0.5, 0.6) is 0 Å². The van der Waals surface area contributed by atoms with Crippen LogP contribution < -0.4 is 0 Å².